The minimum Gasteiger partial charge on any atom is -0.314 e. The molecule has 0 amide bonds. The van der Waals surface area contributed by atoms with Gasteiger partial charge >= 0.3 is 0 Å². The first-order chi connectivity index (χ1) is 9.02. The van der Waals surface area contributed by atoms with Crippen LogP contribution in [0.25, 0.3) is 0 Å². The Kier molecular flexibility index (Phi) is 4.27. The van der Waals surface area contributed by atoms with Crippen molar-refractivity contribution in [3.63, 3.8) is 0 Å². The van der Waals surface area contributed by atoms with Gasteiger partial charge in [-0.15, -0.1) is 0 Å². The number of rotatable bonds is 4. The van der Waals surface area contributed by atoms with Gasteiger partial charge in [-0.2, -0.15) is 0 Å². The third kappa shape index (κ3) is 3.16. The fourth-order valence-electron chi connectivity index (χ4n) is 2.33. The summed E-state index contributed by atoms with van der Waals surface area (Å²) in [5.74, 6) is 0.410. The molecule has 0 unspecified atom stereocenters. The second kappa shape index (κ2) is 5.75. The molecule has 2 aromatic carbocycles. The molecule has 0 spiro atoms. The van der Waals surface area contributed by atoms with E-state index >= 15 is 0 Å². The van der Waals surface area contributed by atoms with E-state index in [1.165, 1.54) is 5.56 Å². The van der Waals surface area contributed by atoms with Crippen LogP contribution in [0.1, 0.15) is 19.4 Å². The summed E-state index contributed by atoms with van der Waals surface area (Å²) in [7, 11) is -2.50. The van der Waals surface area contributed by atoms with Crippen LogP contribution in [0, 0.1) is 12.8 Å². The predicted molar refractivity (Wildman–Crippen MR) is 84.2 cm³/mol. The van der Waals surface area contributed by atoms with Gasteiger partial charge in [-0.1, -0.05) is 74.0 Å². The van der Waals surface area contributed by atoms with E-state index in [2.05, 4.69) is 20.8 Å². The van der Waals surface area contributed by atoms with Gasteiger partial charge in [0, 0.05) is 16.8 Å². The highest BCUT2D eigenvalue weighted by molar-refractivity contribution is 7.78. The van der Waals surface area contributed by atoms with Crippen molar-refractivity contribution in [3.05, 3.63) is 60.2 Å². The van der Waals surface area contributed by atoms with Gasteiger partial charge in [0.1, 0.15) is 7.14 Å². The molecular formula is C17H21OP. The quantitative estimate of drug-likeness (QED) is 0.770. The first-order valence-electron chi connectivity index (χ1n) is 6.74. The number of benzene rings is 2. The van der Waals surface area contributed by atoms with Crippen LogP contribution < -0.4 is 10.6 Å². The van der Waals surface area contributed by atoms with Crippen molar-refractivity contribution in [2.75, 3.05) is 6.16 Å². The van der Waals surface area contributed by atoms with Crippen molar-refractivity contribution < 1.29 is 4.57 Å². The fraction of sp³-hybridized carbons (Fsp3) is 0.294. The van der Waals surface area contributed by atoms with E-state index in [1.54, 1.807) is 0 Å². The van der Waals surface area contributed by atoms with Crippen LogP contribution in [0.4, 0.5) is 0 Å². The van der Waals surface area contributed by atoms with Gasteiger partial charge in [-0.3, -0.25) is 0 Å². The second-order valence-corrected chi connectivity index (χ2v) is 8.36. The summed E-state index contributed by atoms with van der Waals surface area (Å²) >= 11 is 0. The number of aryl methyl sites for hydroxylation is 1. The average Bonchev–Trinajstić information content (AvgIpc) is 2.39. The highest BCUT2D eigenvalue weighted by Gasteiger charge is 2.27. The van der Waals surface area contributed by atoms with E-state index in [0.29, 0.717) is 5.92 Å². The Morgan fingerprint density at radius 1 is 0.895 bits per heavy atom. The first-order valence-corrected chi connectivity index (χ1v) is 8.63. The Hall–Kier alpha value is -1.33. The Balaban J connectivity index is 2.52. The van der Waals surface area contributed by atoms with E-state index in [9.17, 15) is 4.57 Å². The smallest absolute Gasteiger partial charge is 0.143 e. The summed E-state index contributed by atoms with van der Waals surface area (Å²) in [6.45, 7) is 6.31. The van der Waals surface area contributed by atoms with Crippen molar-refractivity contribution in [2.24, 2.45) is 5.92 Å². The molecule has 0 N–H and O–H groups in total. The Labute approximate surface area is 116 Å². The molecule has 1 atom stereocenters. The lowest BCUT2D eigenvalue weighted by Gasteiger charge is -2.21. The highest BCUT2D eigenvalue weighted by atomic mass is 31.2. The molecule has 0 radical (unpaired) electrons. The Bertz CT molecular complexity index is 570. The van der Waals surface area contributed by atoms with E-state index < -0.39 is 7.14 Å². The van der Waals surface area contributed by atoms with Gasteiger partial charge in [0.2, 0.25) is 0 Å². The molecule has 0 heterocycles. The lowest BCUT2D eigenvalue weighted by molar-refractivity contribution is 0.578. The number of hydrogen-bond donors (Lipinski definition) is 0. The second-order valence-electron chi connectivity index (χ2n) is 5.49. The van der Waals surface area contributed by atoms with Crippen LogP contribution in [0.3, 0.4) is 0 Å². The molecule has 2 aromatic rings. The minimum absolute atomic E-state index is 0.410. The average molecular weight is 272 g/mol. The van der Waals surface area contributed by atoms with Crippen molar-refractivity contribution in [3.8, 4) is 0 Å². The first kappa shape index (κ1) is 14.1. The van der Waals surface area contributed by atoms with Gasteiger partial charge < -0.3 is 4.57 Å². The summed E-state index contributed by atoms with van der Waals surface area (Å²) in [6, 6.07) is 18.0. The summed E-state index contributed by atoms with van der Waals surface area (Å²) in [6.07, 6.45) is 0.722. The van der Waals surface area contributed by atoms with Crippen LogP contribution in [0.2, 0.25) is 0 Å². The van der Waals surface area contributed by atoms with Crippen LogP contribution in [-0.2, 0) is 4.57 Å². The van der Waals surface area contributed by atoms with Crippen LogP contribution in [0.15, 0.2) is 54.6 Å². The van der Waals surface area contributed by atoms with Crippen molar-refractivity contribution in [1.82, 2.24) is 0 Å². The Morgan fingerprint density at radius 2 is 1.42 bits per heavy atom. The third-order valence-electron chi connectivity index (χ3n) is 3.25. The lowest BCUT2D eigenvalue weighted by Crippen LogP contribution is -2.20. The maximum absolute atomic E-state index is 13.5. The monoisotopic (exact) mass is 272 g/mol. The van der Waals surface area contributed by atoms with E-state index in [1.807, 2.05) is 54.6 Å². The molecule has 0 aromatic heterocycles. The van der Waals surface area contributed by atoms with Gasteiger partial charge in [-0.25, -0.2) is 0 Å². The minimum atomic E-state index is -2.50. The molecule has 19 heavy (non-hydrogen) atoms. The molecule has 2 heteroatoms. The molecule has 0 bridgehead atoms. The molecule has 0 saturated heterocycles. The Morgan fingerprint density at radius 3 is 1.95 bits per heavy atom. The lowest BCUT2D eigenvalue weighted by atomic mass is 10.2. The van der Waals surface area contributed by atoms with Crippen LogP contribution in [0.5, 0.6) is 0 Å². The van der Waals surface area contributed by atoms with E-state index in [4.69, 9.17) is 0 Å². The topological polar surface area (TPSA) is 17.1 Å². The van der Waals surface area contributed by atoms with Gasteiger partial charge in [0.15, 0.2) is 0 Å². The molecule has 1 nitrogen and oxygen atoms in total. The SMILES string of the molecule is Cc1ccc([P@@](=O)(CC(C)C)c2ccccc2)cc1. The zero-order valence-electron chi connectivity index (χ0n) is 11.8. The molecule has 100 valence electrons. The molecular weight excluding hydrogens is 251 g/mol. The fourth-order valence-corrected chi connectivity index (χ4v) is 5.36. The number of hydrogen-bond acceptors (Lipinski definition) is 1. The predicted octanol–water partition coefficient (Wildman–Crippen LogP) is 3.96. The van der Waals surface area contributed by atoms with Crippen molar-refractivity contribution >= 4 is 17.8 Å². The van der Waals surface area contributed by atoms with Gasteiger partial charge in [-0.05, 0) is 12.8 Å². The van der Waals surface area contributed by atoms with Crippen LogP contribution >= 0.6 is 7.14 Å². The summed E-state index contributed by atoms with van der Waals surface area (Å²) in [5, 5.41) is 1.94. The maximum Gasteiger partial charge on any atom is 0.143 e. The zero-order chi connectivity index (χ0) is 13.9. The third-order valence-corrected chi connectivity index (χ3v) is 6.76. The van der Waals surface area contributed by atoms with Crippen molar-refractivity contribution in [2.45, 2.75) is 20.8 Å². The molecule has 0 aliphatic carbocycles. The summed E-state index contributed by atoms with van der Waals surface area (Å²) in [5.41, 5.74) is 1.20. The normalized spacial score (nSPS) is 14.3. The van der Waals surface area contributed by atoms with Crippen molar-refractivity contribution in [1.29, 1.82) is 0 Å². The standard InChI is InChI=1S/C17H21OP/c1-14(2)13-19(18,16-7-5-4-6-8-16)17-11-9-15(3)10-12-17/h4-12,14H,13H2,1-3H3/t19-/m1/s1. The molecule has 0 aliphatic rings. The molecule has 0 saturated carbocycles. The summed E-state index contributed by atoms with van der Waals surface area (Å²) < 4.78 is 13.5. The molecule has 0 aliphatic heterocycles. The van der Waals surface area contributed by atoms with E-state index in [-0.39, 0.29) is 0 Å². The molecule has 2 rings (SSSR count). The van der Waals surface area contributed by atoms with E-state index in [0.717, 1.165) is 16.8 Å². The van der Waals surface area contributed by atoms with Gasteiger partial charge in [0.05, 0.1) is 0 Å². The summed E-state index contributed by atoms with van der Waals surface area (Å²) in [4.78, 5) is 0. The maximum atomic E-state index is 13.5. The zero-order valence-corrected chi connectivity index (χ0v) is 12.7. The molecule has 0 fully saturated rings. The highest BCUT2D eigenvalue weighted by Crippen LogP contribution is 2.44. The van der Waals surface area contributed by atoms with Gasteiger partial charge in [0.25, 0.3) is 0 Å². The largest absolute Gasteiger partial charge is 0.314 e. The van der Waals surface area contributed by atoms with Crippen LogP contribution in [-0.4, -0.2) is 6.16 Å².